The van der Waals surface area contributed by atoms with Crippen molar-refractivity contribution in [2.75, 3.05) is 27.2 Å². The van der Waals surface area contributed by atoms with Crippen LogP contribution in [0.1, 0.15) is 5.56 Å². The van der Waals surface area contributed by atoms with Crippen LogP contribution in [0.4, 0.5) is 0 Å². The average molecular weight is 204 g/mol. The van der Waals surface area contributed by atoms with Gasteiger partial charge in [-0.1, -0.05) is 30.3 Å². The molecule has 0 spiro atoms. The number of hydrogen-bond donors (Lipinski definition) is 1. The molecule has 0 unspecified atom stereocenters. The van der Waals surface area contributed by atoms with E-state index in [4.69, 9.17) is 0 Å². The van der Waals surface area contributed by atoms with Gasteiger partial charge in [-0.15, -0.1) is 0 Å². The Morgan fingerprint density at radius 3 is 2.60 bits per heavy atom. The van der Waals surface area contributed by atoms with Crippen LogP contribution in [0.3, 0.4) is 0 Å². The molecule has 0 radical (unpaired) electrons. The molecule has 82 valence electrons. The van der Waals surface area contributed by atoms with Crippen LogP contribution in [0.25, 0.3) is 0 Å². The number of rotatable bonds is 3. The molecule has 1 saturated heterocycles. The zero-order valence-electron chi connectivity index (χ0n) is 9.61. The fourth-order valence-electron chi connectivity index (χ4n) is 2.45. The fraction of sp³-hybridized carbons (Fsp3) is 0.538. The van der Waals surface area contributed by atoms with Crippen LogP contribution in [-0.4, -0.2) is 38.1 Å². The van der Waals surface area contributed by atoms with Crippen molar-refractivity contribution in [3.8, 4) is 0 Å². The quantitative estimate of drug-likeness (QED) is 0.800. The summed E-state index contributed by atoms with van der Waals surface area (Å²) in [6.45, 7) is 2.28. The highest BCUT2D eigenvalue weighted by Crippen LogP contribution is 2.18. The Bertz CT molecular complexity index is 295. The number of nitrogens with one attached hydrogen (secondary N) is 1. The number of benzene rings is 1. The van der Waals surface area contributed by atoms with Crippen molar-refractivity contribution in [1.82, 2.24) is 10.2 Å². The third-order valence-corrected chi connectivity index (χ3v) is 3.31. The summed E-state index contributed by atoms with van der Waals surface area (Å²) in [6.07, 6.45) is 1.19. The maximum Gasteiger partial charge on any atom is 0.0258 e. The van der Waals surface area contributed by atoms with Crippen molar-refractivity contribution in [3.05, 3.63) is 35.9 Å². The second-order valence-electron chi connectivity index (χ2n) is 4.64. The lowest BCUT2D eigenvalue weighted by molar-refractivity contribution is 0.254. The predicted octanol–water partition coefficient (Wildman–Crippen LogP) is 1.38. The Kier molecular flexibility index (Phi) is 3.39. The van der Waals surface area contributed by atoms with Crippen molar-refractivity contribution < 1.29 is 0 Å². The van der Waals surface area contributed by atoms with Gasteiger partial charge in [0, 0.05) is 12.6 Å². The maximum atomic E-state index is 3.48. The zero-order chi connectivity index (χ0) is 10.7. The lowest BCUT2D eigenvalue weighted by Gasteiger charge is -2.25. The van der Waals surface area contributed by atoms with E-state index in [0.29, 0.717) is 6.04 Å². The van der Waals surface area contributed by atoms with Gasteiger partial charge in [0.1, 0.15) is 0 Å². The predicted molar refractivity (Wildman–Crippen MR) is 64.0 cm³/mol. The van der Waals surface area contributed by atoms with Crippen molar-refractivity contribution in [2.24, 2.45) is 5.92 Å². The summed E-state index contributed by atoms with van der Waals surface area (Å²) in [5.74, 6) is 0.752. The van der Waals surface area contributed by atoms with Crippen molar-refractivity contribution in [2.45, 2.75) is 12.5 Å². The summed E-state index contributed by atoms with van der Waals surface area (Å²) in [4.78, 5) is 2.34. The molecular weight excluding hydrogens is 184 g/mol. The molecule has 0 bridgehead atoms. The molecule has 1 aromatic carbocycles. The zero-order valence-corrected chi connectivity index (χ0v) is 9.61. The second kappa shape index (κ2) is 4.77. The minimum absolute atomic E-state index is 0.685. The third kappa shape index (κ3) is 2.58. The lowest BCUT2D eigenvalue weighted by Crippen LogP contribution is -2.35. The van der Waals surface area contributed by atoms with Crippen LogP contribution >= 0.6 is 0 Å². The summed E-state index contributed by atoms with van der Waals surface area (Å²) in [5.41, 5.74) is 1.46. The molecule has 0 amide bonds. The number of nitrogens with zero attached hydrogens (tertiary/aromatic N) is 1. The SMILES string of the molecule is CN(C)[C@H]1CNC[C@H]1Cc1ccccc1. The van der Waals surface area contributed by atoms with Gasteiger partial charge in [-0.25, -0.2) is 0 Å². The first-order valence-corrected chi connectivity index (χ1v) is 5.68. The Morgan fingerprint density at radius 1 is 1.20 bits per heavy atom. The average Bonchev–Trinajstić information content (AvgIpc) is 2.67. The molecule has 0 aliphatic carbocycles. The molecule has 1 aromatic rings. The Morgan fingerprint density at radius 2 is 1.93 bits per heavy atom. The first kappa shape index (κ1) is 10.7. The van der Waals surface area contributed by atoms with E-state index in [2.05, 4.69) is 54.6 Å². The molecule has 1 fully saturated rings. The largest absolute Gasteiger partial charge is 0.315 e. The first-order chi connectivity index (χ1) is 7.27. The van der Waals surface area contributed by atoms with Crippen LogP contribution in [0.15, 0.2) is 30.3 Å². The van der Waals surface area contributed by atoms with Gasteiger partial charge in [-0.05, 0) is 38.5 Å². The molecule has 1 aliphatic rings. The summed E-state index contributed by atoms with van der Waals surface area (Å²) >= 11 is 0. The topological polar surface area (TPSA) is 15.3 Å². The van der Waals surface area contributed by atoms with Crippen LogP contribution in [-0.2, 0) is 6.42 Å². The van der Waals surface area contributed by atoms with Gasteiger partial charge in [-0.3, -0.25) is 0 Å². The van der Waals surface area contributed by atoms with Crippen LogP contribution < -0.4 is 5.32 Å². The highest BCUT2D eigenvalue weighted by atomic mass is 15.2. The standard InChI is InChI=1S/C13H20N2/c1-15(2)13-10-14-9-12(13)8-11-6-4-3-5-7-11/h3-7,12-14H,8-10H2,1-2H3/t12-,13+/m1/s1. The third-order valence-electron chi connectivity index (χ3n) is 3.31. The van der Waals surface area contributed by atoms with E-state index in [1.54, 1.807) is 0 Å². The van der Waals surface area contributed by atoms with Crippen molar-refractivity contribution >= 4 is 0 Å². The summed E-state index contributed by atoms with van der Waals surface area (Å²) in [5, 5.41) is 3.48. The molecule has 2 rings (SSSR count). The second-order valence-corrected chi connectivity index (χ2v) is 4.64. The summed E-state index contributed by atoms with van der Waals surface area (Å²) < 4.78 is 0. The molecule has 0 aromatic heterocycles. The van der Waals surface area contributed by atoms with Gasteiger partial charge < -0.3 is 10.2 Å². The van der Waals surface area contributed by atoms with Gasteiger partial charge in [0.2, 0.25) is 0 Å². The van der Waals surface area contributed by atoms with Gasteiger partial charge in [-0.2, -0.15) is 0 Å². The highest BCUT2D eigenvalue weighted by molar-refractivity contribution is 5.16. The highest BCUT2D eigenvalue weighted by Gasteiger charge is 2.28. The minimum Gasteiger partial charge on any atom is -0.315 e. The fourth-order valence-corrected chi connectivity index (χ4v) is 2.45. The molecule has 1 aliphatic heterocycles. The molecule has 15 heavy (non-hydrogen) atoms. The van der Waals surface area contributed by atoms with Crippen molar-refractivity contribution in [3.63, 3.8) is 0 Å². The monoisotopic (exact) mass is 204 g/mol. The Balaban J connectivity index is 2.00. The van der Waals surface area contributed by atoms with Crippen LogP contribution in [0.2, 0.25) is 0 Å². The van der Waals surface area contributed by atoms with E-state index < -0.39 is 0 Å². The van der Waals surface area contributed by atoms with Gasteiger partial charge in [0.15, 0.2) is 0 Å². The van der Waals surface area contributed by atoms with E-state index in [1.807, 2.05) is 0 Å². The molecule has 2 atom stereocenters. The Hall–Kier alpha value is -0.860. The van der Waals surface area contributed by atoms with Gasteiger partial charge >= 0.3 is 0 Å². The van der Waals surface area contributed by atoms with E-state index in [1.165, 1.54) is 12.0 Å². The number of hydrogen-bond acceptors (Lipinski definition) is 2. The lowest BCUT2D eigenvalue weighted by atomic mass is 9.94. The van der Waals surface area contributed by atoms with E-state index in [-0.39, 0.29) is 0 Å². The van der Waals surface area contributed by atoms with Crippen molar-refractivity contribution in [1.29, 1.82) is 0 Å². The molecule has 1 N–H and O–H groups in total. The smallest absolute Gasteiger partial charge is 0.0258 e. The van der Waals surface area contributed by atoms with Gasteiger partial charge in [0.25, 0.3) is 0 Å². The van der Waals surface area contributed by atoms with Crippen LogP contribution in [0, 0.1) is 5.92 Å². The number of likely N-dealkylation sites (N-methyl/N-ethyl adjacent to an activating group) is 1. The summed E-state index contributed by atoms with van der Waals surface area (Å²) in [6, 6.07) is 11.5. The van der Waals surface area contributed by atoms with Crippen LogP contribution in [0.5, 0.6) is 0 Å². The molecular formula is C13H20N2. The van der Waals surface area contributed by atoms with E-state index in [0.717, 1.165) is 19.0 Å². The normalized spacial score (nSPS) is 26.1. The first-order valence-electron chi connectivity index (χ1n) is 5.68. The Labute approximate surface area is 92.3 Å². The molecule has 2 nitrogen and oxygen atoms in total. The molecule has 2 heteroatoms. The molecule has 1 heterocycles. The van der Waals surface area contributed by atoms with Gasteiger partial charge in [0.05, 0.1) is 0 Å². The summed E-state index contributed by atoms with van der Waals surface area (Å²) in [7, 11) is 4.35. The van der Waals surface area contributed by atoms with E-state index in [9.17, 15) is 0 Å². The minimum atomic E-state index is 0.685. The maximum absolute atomic E-state index is 3.48. The molecule has 0 saturated carbocycles. The van der Waals surface area contributed by atoms with E-state index >= 15 is 0 Å².